The highest BCUT2D eigenvalue weighted by molar-refractivity contribution is 5.85. The Labute approximate surface area is 90.0 Å². The van der Waals surface area contributed by atoms with Gasteiger partial charge in [-0.1, -0.05) is 0 Å². The van der Waals surface area contributed by atoms with Crippen LogP contribution in [0.5, 0.6) is 0 Å². The van der Waals surface area contributed by atoms with Crippen molar-refractivity contribution >= 4 is 11.8 Å². The Hall–Kier alpha value is -1.10. The van der Waals surface area contributed by atoms with Crippen molar-refractivity contribution in [2.75, 3.05) is 13.1 Å². The molecule has 86 valence electrons. The fourth-order valence-corrected chi connectivity index (χ4v) is 1.14. The lowest BCUT2D eigenvalue weighted by Crippen LogP contribution is -2.42. The lowest BCUT2D eigenvalue weighted by molar-refractivity contribution is -0.125. The molecule has 0 aromatic carbocycles. The van der Waals surface area contributed by atoms with Crippen LogP contribution in [0.15, 0.2) is 0 Å². The Kier molecular flexibility index (Phi) is 4.55. The van der Waals surface area contributed by atoms with Gasteiger partial charge in [0.2, 0.25) is 11.8 Å². The predicted octanol–water partition coefficient (Wildman–Crippen LogP) is -0.621. The zero-order valence-corrected chi connectivity index (χ0v) is 9.30. The molecule has 3 N–H and O–H groups in total. The highest BCUT2D eigenvalue weighted by Crippen LogP contribution is 2.17. The molecule has 5 nitrogen and oxygen atoms in total. The monoisotopic (exact) mass is 213 g/mol. The first kappa shape index (κ1) is 12.0. The van der Waals surface area contributed by atoms with Crippen molar-refractivity contribution in [3.05, 3.63) is 0 Å². The van der Waals surface area contributed by atoms with E-state index in [1.54, 1.807) is 0 Å². The van der Waals surface area contributed by atoms with Gasteiger partial charge in [0.15, 0.2) is 0 Å². The lowest BCUT2D eigenvalue weighted by Gasteiger charge is -2.09. The van der Waals surface area contributed by atoms with E-state index in [1.807, 2.05) is 13.8 Å². The van der Waals surface area contributed by atoms with Crippen LogP contribution in [0.4, 0.5) is 0 Å². The molecule has 0 bridgehead atoms. The number of rotatable bonds is 6. The van der Waals surface area contributed by atoms with Crippen molar-refractivity contribution in [3.8, 4) is 0 Å². The first-order chi connectivity index (χ1) is 7.08. The fourth-order valence-electron chi connectivity index (χ4n) is 1.14. The highest BCUT2D eigenvalue weighted by atomic mass is 16.2. The molecule has 2 amide bonds. The summed E-state index contributed by atoms with van der Waals surface area (Å²) in [6, 6.07) is 0.624. The molecule has 0 unspecified atom stereocenters. The number of carbonyl (C=O) groups excluding carboxylic acids is 2. The van der Waals surface area contributed by atoms with Gasteiger partial charge in [-0.15, -0.1) is 0 Å². The maximum absolute atomic E-state index is 11.2. The van der Waals surface area contributed by atoms with Gasteiger partial charge in [0, 0.05) is 12.1 Å². The molecule has 0 aliphatic heterocycles. The topological polar surface area (TPSA) is 70.2 Å². The summed E-state index contributed by atoms with van der Waals surface area (Å²) >= 11 is 0. The van der Waals surface area contributed by atoms with E-state index in [2.05, 4.69) is 16.0 Å². The molecular weight excluding hydrogens is 194 g/mol. The van der Waals surface area contributed by atoms with E-state index < -0.39 is 0 Å². The van der Waals surface area contributed by atoms with Crippen molar-refractivity contribution in [1.29, 1.82) is 0 Å². The smallest absolute Gasteiger partial charge is 0.239 e. The van der Waals surface area contributed by atoms with Crippen LogP contribution < -0.4 is 16.0 Å². The van der Waals surface area contributed by atoms with Crippen LogP contribution in [0.25, 0.3) is 0 Å². The van der Waals surface area contributed by atoms with Gasteiger partial charge in [0.1, 0.15) is 0 Å². The predicted molar refractivity (Wildman–Crippen MR) is 57.3 cm³/mol. The number of hydrogen-bond acceptors (Lipinski definition) is 3. The van der Waals surface area contributed by atoms with Crippen LogP contribution in [0.1, 0.15) is 26.7 Å². The van der Waals surface area contributed by atoms with Crippen LogP contribution in [0.2, 0.25) is 0 Å². The normalized spacial score (nSPS) is 15.1. The van der Waals surface area contributed by atoms with E-state index in [0.717, 1.165) is 12.8 Å². The van der Waals surface area contributed by atoms with Gasteiger partial charge >= 0.3 is 0 Å². The second-order valence-corrected chi connectivity index (χ2v) is 4.15. The summed E-state index contributed by atoms with van der Waals surface area (Å²) in [6.07, 6.45) is 2.31. The van der Waals surface area contributed by atoms with Gasteiger partial charge in [0.05, 0.1) is 13.1 Å². The van der Waals surface area contributed by atoms with Crippen molar-refractivity contribution in [3.63, 3.8) is 0 Å². The third kappa shape index (κ3) is 6.06. The third-order valence-corrected chi connectivity index (χ3v) is 2.02. The molecule has 15 heavy (non-hydrogen) atoms. The first-order valence-corrected chi connectivity index (χ1v) is 5.37. The number of nitrogens with one attached hydrogen (secondary N) is 3. The second kappa shape index (κ2) is 5.70. The van der Waals surface area contributed by atoms with Crippen molar-refractivity contribution in [2.45, 2.75) is 38.8 Å². The average molecular weight is 213 g/mol. The van der Waals surface area contributed by atoms with E-state index in [0.29, 0.717) is 12.6 Å². The molecule has 0 spiro atoms. The summed E-state index contributed by atoms with van der Waals surface area (Å²) in [5.74, 6) is -0.273. The molecule has 1 saturated carbocycles. The molecule has 1 aliphatic carbocycles. The molecule has 1 aliphatic rings. The number of carbonyl (C=O) groups is 2. The van der Waals surface area contributed by atoms with E-state index in [9.17, 15) is 9.59 Å². The zero-order valence-electron chi connectivity index (χ0n) is 9.30. The summed E-state index contributed by atoms with van der Waals surface area (Å²) in [6.45, 7) is 4.13. The molecule has 0 heterocycles. The second-order valence-electron chi connectivity index (χ2n) is 4.15. The maximum atomic E-state index is 11.2. The Morgan fingerprint density at radius 2 is 1.87 bits per heavy atom. The Bertz CT molecular complexity index is 237. The Balaban J connectivity index is 2.01. The van der Waals surface area contributed by atoms with Crippen LogP contribution >= 0.6 is 0 Å². The van der Waals surface area contributed by atoms with Gasteiger partial charge in [-0.2, -0.15) is 0 Å². The van der Waals surface area contributed by atoms with E-state index in [1.165, 1.54) is 0 Å². The largest absolute Gasteiger partial charge is 0.352 e. The molecule has 0 atom stereocenters. The van der Waals surface area contributed by atoms with Gasteiger partial charge < -0.3 is 16.0 Å². The number of hydrogen-bond donors (Lipinski definition) is 3. The highest BCUT2D eigenvalue weighted by Gasteiger charge is 2.21. The quantitative estimate of drug-likeness (QED) is 0.550. The Morgan fingerprint density at radius 1 is 1.20 bits per heavy atom. The molecule has 1 fully saturated rings. The van der Waals surface area contributed by atoms with Crippen LogP contribution in [0.3, 0.4) is 0 Å². The molecule has 0 aromatic rings. The zero-order chi connectivity index (χ0) is 11.3. The van der Waals surface area contributed by atoms with E-state index in [-0.39, 0.29) is 24.4 Å². The lowest BCUT2D eigenvalue weighted by atomic mass is 10.4. The van der Waals surface area contributed by atoms with Crippen LogP contribution in [0, 0.1) is 0 Å². The summed E-state index contributed by atoms with van der Waals surface area (Å²) in [5, 5.41) is 8.34. The summed E-state index contributed by atoms with van der Waals surface area (Å²) in [4.78, 5) is 22.4. The van der Waals surface area contributed by atoms with Crippen LogP contribution in [-0.4, -0.2) is 37.0 Å². The minimum Gasteiger partial charge on any atom is -0.352 e. The molecular formula is C10H19N3O2. The summed E-state index contributed by atoms with van der Waals surface area (Å²) < 4.78 is 0. The van der Waals surface area contributed by atoms with E-state index in [4.69, 9.17) is 0 Å². The van der Waals surface area contributed by atoms with Gasteiger partial charge in [0.25, 0.3) is 0 Å². The van der Waals surface area contributed by atoms with Gasteiger partial charge in [-0.25, -0.2) is 0 Å². The Morgan fingerprint density at radius 3 is 2.40 bits per heavy atom. The van der Waals surface area contributed by atoms with Gasteiger partial charge in [-0.3, -0.25) is 9.59 Å². The molecule has 5 heteroatoms. The first-order valence-electron chi connectivity index (χ1n) is 5.37. The maximum Gasteiger partial charge on any atom is 0.239 e. The minimum atomic E-state index is -0.148. The van der Waals surface area contributed by atoms with Crippen molar-refractivity contribution in [2.24, 2.45) is 0 Å². The van der Waals surface area contributed by atoms with E-state index >= 15 is 0 Å². The molecule has 1 rings (SSSR count). The summed E-state index contributed by atoms with van der Waals surface area (Å²) in [5.41, 5.74) is 0. The van der Waals surface area contributed by atoms with Gasteiger partial charge in [-0.05, 0) is 26.7 Å². The van der Waals surface area contributed by atoms with Crippen molar-refractivity contribution in [1.82, 2.24) is 16.0 Å². The van der Waals surface area contributed by atoms with Crippen LogP contribution in [-0.2, 0) is 9.59 Å². The minimum absolute atomic E-state index is 0.0589. The number of amides is 2. The standard InChI is InChI=1S/C10H19N3O2/c1-7(2)13-10(15)6-12-9(14)5-11-8-3-4-8/h7-8,11H,3-6H2,1-2H3,(H,12,14)(H,13,15). The molecule has 0 radical (unpaired) electrons. The fraction of sp³-hybridized carbons (Fsp3) is 0.800. The molecule has 0 aromatic heterocycles. The van der Waals surface area contributed by atoms with Crippen molar-refractivity contribution < 1.29 is 9.59 Å². The average Bonchev–Trinajstić information content (AvgIpc) is 2.93. The SMILES string of the molecule is CC(C)NC(=O)CNC(=O)CNC1CC1. The summed E-state index contributed by atoms with van der Waals surface area (Å²) in [7, 11) is 0. The molecule has 0 saturated heterocycles. The third-order valence-electron chi connectivity index (χ3n) is 2.02.